The van der Waals surface area contributed by atoms with Gasteiger partial charge in [-0.2, -0.15) is 8.42 Å². The number of rotatable bonds is 6. The fraction of sp³-hybridized carbons (Fsp3) is 0.333. The van der Waals surface area contributed by atoms with Crippen molar-refractivity contribution < 1.29 is 32.8 Å². The zero-order valence-electron chi connectivity index (χ0n) is 12.7. The lowest BCUT2D eigenvalue weighted by atomic mass is 9.86. The highest BCUT2D eigenvalue weighted by atomic mass is 32.2. The van der Waals surface area contributed by atoms with E-state index in [1.165, 1.54) is 6.08 Å². The van der Waals surface area contributed by atoms with E-state index in [1.807, 2.05) is 19.9 Å². The van der Waals surface area contributed by atoms with Gasteiger partial charge in [0.15, 0.2) is 0 Å². The maximum absolute atomic E-state index is 11.4. The largest absolute Gasteiger partial charge is 0.481 e. The van der Waals surface area contributed by atoms with Crippen molar-refractivity contribution in [2.45, 2.75) is 26.7 Å². The van der Waals surface area contributed by atoms with Crippen LogP contribution in [0.25, 0.3) is 0 Å². The minimum absolute atomic E-state index is 0.0287. The van der Waals surface area contributed by atoms with Gasteiger partial charge in [0.2, 0.25) is 0 Å². The molecule has 0 aromatic rings. The van der Waals surface area contributed by atoms with Gasteiger partial charge in [-0.15, -0.1) is 0 Å². The molecule has 0 aliphatic heterocycles. The van der Waals surface area contributed by atoms with Gasteiger partial charge in [0.25, 0.3) is 10.1 Å². The Bertz CT molecular complexity index is 736. The van der Waals surface area contributed by atoms with Gasteiger partial charge in [-0.25, -0.2) is 4.79 Å². The predicted molar refractivity (Wildman–Crippen MR) is 83.2 cm³/mol. The van der Waals surface area contributed by atoms with Crippen molar-refractivity contribution in [3.8, 4) is 0 Å². The molecule has 1 rings (SSSR count). The average molecular weight is 342 g/mol. The van der Waals surface area contributed by atoms with Crippen molar-refractivity contribution in [3.05, 3.63) is 45.9 Å². The SMILES string of the molecule is CCC=C(C=C1C(C(=O)O)=CC(S(=O)(=O)O)=CC1C(=O)O)CC. The molecule has 0 heterocycles. The molecule has 0 fully saturated rings. The second-order valence-corrected chi connectivity index (χ2v) is 6.29. The van der Waals surface area contributed by atoms with Crippen LogP contribution in [0.15, 0.2) is 45.9 Å². The number of hydrogen-bond acceptors (Lipinski definition) is 4. The topological polar surface area (TPSA) is 129 Å². The number of hydrogen-bond donors (Lipinski definition) is 3. The predicted octanol–water partition coefficient (Wildman–Crippen LogP) is 2.16. The zero-order valence-corrected chi connectivity index (χ0v) is 13.5. The lowest BCUT2D eigenvalue weighted by Gasteiger charge is -2.20. The van der Waals surface area contributed by atoms with Crippen molar-refractivity contribution in [2.24, 2.45) is 5.92 Å². The maximum Gasteiger partial charge on any atom is 0.336 e. The van der Waals surface area contributed by atoms with Crippen molar-refractivity contribution in [3.63, 3.8) is 0 Å². The molecule has 0 spiro atoms. The fourth-order valence-corrected chi connectivity index (χ4v) is 2.75. The summed E-state index contributed by atoms with van der Waals surface area (Å²) in [6, 6.07) is 0. The number of carbonyl (C=O) groups is 2. The molecule has 1 aliphatic carbocycles. The molecule has 8 heteroatoms. The number of carboxylic acid groups (broad SMARTS) is 2. The minimum atomic E-state index is -4.71. The normalized spacial score (nSPS) is 20.9. The first-order valence-corrected chi connectivity index (χ1v) is 8.33. The molecular formula is C15H18O7S. The van der Waals surface area contributed by atoms with E-state index < -0.39 is 38.5 Å². The van der Waals surface area contributed by atoms with E-state index in [0.29, 0.717) is 12.8 Å². The van der Waals surface area contributed by atoms with Crippen LogP contribution in [-0.4, -0.2) is 35.1 Å². The van der Waals surface area contributed by atoms with Crippen LogP contribution in [0.1, 0.15) is 26.7 Å². The Kier molecular flexibility index (Phi) is 6.05. The molecule has 23 heavy (non-hydrogen) atoms. The Labute approximate surface area is 134 Å². The van der Waals surface area contributed by atoms with Gasteiger partial charge in [-0.1, -0.05) is 31.6 Å². The molecule has 126 valence electrons. The highest BCUT2D eigenvalue weighted by molar-refractivity contribution is 7.90. The minimum Gasteiger partial charge on any atom is -0.481 e. The third kappa shape index (κ3) is 4.64. The van der Waals surface area contributed by atoms with Gasteiger partial charge >= 0.3 is 11.9 Å². The summed E-state index contributed by atoms with van der Waals surface area (Å²) in [5, 5.41) is 18.6. The molecule has 7 nitrogen and oxygen atoms in total. The molecule has 1 unspecified atom stereocenters. The molecule has 0 saturated carbocycles. The van der Waals surface area contributed by atoms with E-state index in [9.17, 15) is 28.2 Å². The van der Waals surface area contributed by atoms with E-state index in [1.54, 1.807) is 0 Å². The zero-order chi connectivity index (χ0) is 17.8. The van der Waals surface area contributed by atoms with Gasteiger partial charge in [-0.3, -0.25) is 9.35 Å². The standard InChI is InChI=1S/C15H18O7S/c1-3-5-9(4-2)6-11-12(14(16)17)7-10(23(20,21)22)8-13(11)15(18)19/h5-8,12H,3-4H2,1-2H3,(H,16,17)(H,18,19)(H,20,21,22). The summed E-state index contributed by atoms with van der Waals surface area (Å²) in [6.45, 7) is 3.72. The van der Waals surface area contributed by atoms with Gasteiger partial charge in [-0.05, 0) is 30.6 Å². The summed E-state index contributed by atoms with van der Waals surface area (Å²) in [5.74, 6) is -4.35. The summed E-state index contributed by atoms with van der Waals surface area (Å²) >= 11 is 0. The van der Waals surface area contributed by atoms with E-state index >= 15 is 0 Å². The fourth-order valence-electron chi connectivity index (χ4n) is 2.18. The van der Waals surface area contributed by atoms with E-state index in [0.717, 1.165) is 17.7 Å². The van der Waals surface area contributed by atoms with Crippen molar-refractivity contribution >= 4 is 22.1 Å². The second kappa shape index (κ2) is 7.38. The Hall–Kier alpha value is -2.19. The maximum atomic E-state index is 11.4. The Balaban J connectivity index is 3.61. The molecule has 1 atom stereocenters. The van der Waals surface area contributed by atoms with Crippen LogP contribution in [0.3, 0.4) is 0 Å². The first kappa shape index (κ1) is 18.9. The molecule has 0 bridgehead atoms. The Morgan fingerprint density at radius 2 is 1.87 bits per heavy atom. The summed E-state index contributed by atoms with van der Waals surface area (Å²) in [4.78, 5) is 22.1. The third-order valence-electron chi connectivity index (χ3n) is 3.27. The molecule has 1 aliphatic rings. The monoisotopic (exact) mass is 342 g/mol. The van der Waals surface area contributed by atoms with Crippen molar-refractivity contribution in [1.82, 2.24) is 0 Å². The van der Waals surface area contributed by atoms with Crippen LogP contribution in [0, 0.1) is 5.92 Å². The quantitative estimate of drug-likeness (QED) is 0.631. The summed E-state index contributed by atoms with van der Waals surface area (Å²) < 4.78 is 31.6. The van der Waals surface area contributed by atoms with Crippen LogP contribution < -0.4 is 0 Å². The highest BCUT2D eigenvalue weighted by Gasteiger charge is 2.33. The van der Waals surface area contributed by atoms with E-state index in [-0.39, 0.29) is 5.57 Å². The molecule has 0 aromatic heterocycles. The summed E-state index contributed by atoms with van der Waals surface area (Å²) in [7, 11) is -4.71. The highest BCUT2D eigenvalue weighted by Crippen LogP contribution is 2.32. The van der Waals surface area contributed by atoms with Crippen LogP contribution in [0.5, 0.6) is 0 Å². The third-order valence-corrected chi connectivity index (χ3v) is 4.12. The molecule has 0 aromatic carbocycles. The van der Waals surface area contributed by atoms with Gasteiger partial charge < -0.3 is 10.2 Å². The first-order valence-electron chi connectivity index (χ1n) is 6.89. The van der Waals surface area contributed by atoms with Gasteiger partial charge in [0.1, 0.15) is 5.92 Å². The second-order valence-electron chi connectivity index (χ2n) is 4.86. The van der Waals surface area contributed by atoms with E-state index in [4.69, 9.17) is 4.55 Å². The first-order chi connectivity index (χ1) is 10.6. The molecule has 0 radical (unpaired) electrons. The van der Waals surface area contributed by atoms with Crippen LogP contribution in [0.4, 0.5) is 0 Å². The van der Waals surface area contributed by atoms with Crippen LogP contribution in [-0.2, 0) is 19.7 Å². The number of carboxylic acids is 2. The average Bonchev–Trinajstić information content (AvgIpc) is 2.44. The molecular weight excluding hydrogens is 324 g/mol. The summed E-state index contributed by atoms with van der Waals surface area (Å²) in [6.07, 6.45) is 6.11. The van der Waals surface area contributed by atoms with Crippen molar-refractivity contribution in [1.29, 1.82) is 0 Å². The number of aliphatic carboxylic acids is 2. The van der Waals surface area contributed by atoms with Gasteiger partial charge in [0, 0.05) is 0 Å². The van der Waals surface area contributed by atoms with Crippen LogP contribution in [0.2, 0.25) is 0 Å². The smallest absolute Gasteiger partial charge is 0.336 e. The lowest BCUT2D eigenvalue weighted by molar-refractivity contribution is -0.138. The van der Waals surface area contributed by atoms with Crippen LogP contribution >= 0.6 is 0 Å². The van der Waals surface area contributed by atoms with Gasteiger partial charge in [0.05, 0.1) is 10.5 Å². The molecule has 0 saturated heterocycles. The lowest BCUT2D eigenvalue weighted by Crippen LogP contribution is -2.23. The van der Waals surface area contributed by atoms with E-state index in [2.05, 4.69) is 0 Å². The Morgan fingerprint density at radius 3 is 2.26 bits per heavy atom. The molecule has 3 N–H and O–H groups in total. The number of allylic oxidation sites excluding steroid dienone is 4. The van der Waals surface area contributed by atoms with Crippen molar-refractivity contribution in [2.75, 3.05) is 0 Å². The Morgan fingerprint density at radius 1 is 1.26 bits per heavy atom. The molecule has 0 amide bonds. The summed E-state index contributed by atoms with van der Waals surface area (Å²) in [5.41, 5.74) is 0.242.